The predicted molar refractivity (Wildman–Crippen MR) is 74.4 cm³/mol. The highest BCUT2D eigenvalue weighted by atomic mass is 32.1. The van der Waals surface area contributed by atoms with Gasteiger partial charge in [-0.1, -0.05) is 32.6 Å². The highest BCUT2D eigenvalue weighted by Crippen LogP contribution is 2.33. The lowest BCUT2D eigenvalue weighted by Crippen LogP contribution is -2.40. The van der Waals surface area contributed by atoms with Crippen LogP contribution in [0, 0.1) is 0 Å². The molecule has 0 amide bonds. The summed E-state index contributed by atoms with van der Waals surface area (Å²) in [6.07, 6.45) is 11.2. The van der Waals surface area contributed by atoms with Gasteiger partial charge in [0.05, 0.1) is 5.54 Å². The molecule has 1 fully saturated rings. The topological polar surface area (TPSA) is 24.9 Å². The van der Waals surface area contributed by atoms with E-state index in [9.17, 15) is 0 Å². The van der Waals surface area contributed by atoms with Gasteiger partial charge in [0, 0.05) is 17.6 Å². The lowest BCUT2D eigenvalue weighted by Gasteiger charge is -2.29. The molecule has 0 bridgehead atoms. The number of hydrogen-bond acceptors (Lipinski definition) is 3. The first-order chi connectivity index (χ1) is 8.24. The molecule has 1 N–H and O–H groups in total. The molecule has 2 rings (SSSR count). The number of thiazole rings is 1. The average Bonchev–Trinajstić information content (AvgIpc) is 2.96. The van der Waals surface area contributed by atoms with E-state index in [0.29, 0.717) is 0 Å². The molecule has 0 spiro atoms. The smallest absolute Gasteiger partial charge is 0.112 e. The van der Waals surface area contributed by atoms with Gasteiger partial charge < -0.3 is 5.32 Å². The van der Waals surface area contributed by atoms with Crippen molar-refractivity contribution in [1.29, 1.82) is 0 Å². The van der Waals surface area contributed by atoms with Gasteiger partial charge >= 0.3 is 0 Å². The van der Waals surface area contributed by atoms with Crippen LogP contribution < -0.4 is 5.32 Å². The Morgan fingerprint density at radius 2 is 2.24 bits per heavy atom. The van der Waals surface area contributed by atoms with Gasteiger partial charge in [0.15, 0.2) is 0 Å². The highest BCUT2D eigenvalue weighted by molar-refractivity contribution is 7.09. The van der Waals surface area contributed by atoms with Gasteiger partial charge in [-0.05, 0) is 26.2 Å². The van der Waals surface area contributed by atoms with Gasteiger partial charge in [0.2, 0.25) is 0 Å². The minimum Gasteiger partial charge on any atom is -0.303 e. The summed E-state index contributed by atoms with van der Waals surface area (Å²) in [5.41, 5.74) is 0.114. The van der Waals surface area contributed by atoms with Crippen molar-refractivity contribution in [2.45, 2.75) is 70.4 Å². The summed E-state index contributed by atoms with van der Waals surface area (Å²) in [6.45, 7) is 4.60. The van der Waals surface area contributed by atoms with E-state index in [-0.39, 0.29) is 5.54 Å². The Balaban J connectivity index is 1.91. The third-order valence-electron chi connectivity index (χ3n) is 3.53. The largest absolute Gasteiger partial charge is 0.303 e. The zero-order chi connectivity index (χ0) is 12.1. The van der Waals surface area contributed by atoms with E-state index in [1.807, 2.05) is 6.20 Å². The molecular weight excluding hydrogens is 228 g/mol. The van der Waals surface area contributed by atoms with Crippen LogP contribution >= 0.6 is 11.3 Å². The molecule has 0 radical (unpaired) electrons. The van der Waals surface area contributed by atoms with Crippen LogP contribution in [0.1, 0.15) is 63.8 Å². The van der Waals surface area contributed by atoms with Gasteiger partial charge in [-0.2, -0.15) is 0 Å². The number of rotatable bonds is 8. The van der Waals surface area contributed by atoms with Gasteiger partial charge in [-0.15, -0.1) is 11.3 Å². The summed E-state index contributed by atoms with van der Waals surface area (Å²) in [5.74, 6) is 0. The van der Waals surface area contributed by atoms with Crippen molar-refractivity contribution in [1.82, 2.24) is 10.3 Å². The predicted octanol–water partition coefficient (Wildman–Crippen LogP) is 4.08. The monoisotopic (exact) mass is 252 g/mol. The number of aromatic nitrogens is 1. The second-order valence-corrected chi connectivity index (χ2v) is 6.29. The van der Waals surface area contributed by atoms with Crippen LogP contribution in [0.3, 0.4) is 0 Å². The molecule has 1 unspecified atom stereocenters. The molecule has 1 atom stereocenters. The normalized spacial score (nSPS) is 19.2. The average molecular weight is 252 g/mol. The highest BCUT2D eigenvalue weighted by Gasteiger charge is 2.34. The second kappa shape index (κ2) is 5.96. The first kappa shape index (κ1) is 13.0. The van der Waals surface area contributed by atoms with Crippen LogP contribution in [0.5, 0.6) is 0 Å². The molecule has 2 nitrogen and oxygen atoms in total. The maximum atomic E-state index is 4.52. The second-order valence-electron chi connectivity index (χ2n) is 5.40. The summed E-state index contributed by atoms with van der Waals surface area (Å²) < 4.78 is 0. The van der Waals surface area contributed by atoms with E-state index < -0.39 is 0 Å². The van der Waals surface area contributed by atoms with Crippen LogP contribution in [0.4, 0.5) is 0 Å². The number of unbranched alkanes of at least 4 members (excludes halogenated alkanes) is 3. The fourth-order valence-electron chi connectivity index (χ4n) is 2.32. The fourth-order valence-corrected chi connectivity index (χ4v) is 3.11. The van der Waals surface area contributed by atoms with Gasteiger partial charge in [0.1, 0.15) is 5.01 Å². The maximum Gasteiger partial charge on any atom is 0.112 e. The molecule has 1 heterocycles. The van der Waals surface area contributed by atoms with E-state index >= 15 is 0 Å². The Morgan fingerprint density at radius 3 is 2.82 bits per heavy atom. The Kier molecular flexibility index (Phi) is 4.57. The van der Waals surface area contributed by atoms with Crippen molar-refractivity contribution in [3.05, 3.63) is 16.6 Å². The molecule has 0 aliphatic heterocycles. The third kappa shape index (κ3) is 3.78. The molecular formula is C14H24N2S. The van der Waals surface area contributed by atoms with E-state index in [1.165, 1.54) is 50.0 Å². The van der Waals surface area contributed by atoms with Crippen LogP contribution in [-0.2, 0) is 5.54 Å². The molecule has 1 aromatic rings. The summed E-state index contributed by atoms with van der Waals surface area (Å²) in [7, 11) is 0. The molecule has 96 valence electrons. The quantitative estimate of drug-likeness (QED) is 0.705. The molecule has 0 saturated heterocycles. The van der Waals surface area contributed by atoms with Gasteiger partial charge in [-0.3, -0.25) is 0 Å². The molecule has 1 aliphatic carbocycles. The zero-order valence-corrected chi connectivity index (χ0v) is 11.9. The standard InChI is InChI=1S/C14H24N2S/c1-3-4-5-6-9-14(2,16-12-7-8-12)13-15-10-11-17-13/h10-12,16H,3-9H2,1-2H3. The van der Waals surface area contributed by atoms with E-state index in [4.69, 9.17) is 0 Å². The minimum atomic E-state index is 0.114. The molecule has 17 heavy (non-hydrogen) atoms. The lowest BCUT2D eigenvalue weighted by atomic mass is 9.94. The minimum absolute atomic E-state index is 0.114. The molecule has 0 aromatic carbocycles. The summed E-state index contributed by atoms with van der Waals surface area (Å²) in [6, 6.07) is 0.745. The van der Waals surface area contributed by atoms with Gasteiger partial charge in [-0.25, -0.2) is 4.98 Å². The number of hydrogen-bond donors (Lipinski definition) is 1. The first-order valence-corrected chi connectivity index (χ1v) is 7.80. The molecule has 1 saturated carbocycles. The van der Waals surface area contributed by atoms with E-state index in [0.717, 1.165) is 6.04 Å². The Labute approximate surface area is 109 Å². The SMILES string of the molecule is CCCCCCC(C)(NC1CC1)c1nccs1. The van der Waals surface area contributed by atoms with Crippen molar-refractivity contribution >= 4 is 11.3 Å². The fraction of sp³-hybridized carbons (Fsp3) is 0.786. The van der Waals surface area contributed by atoms with E-state index in [1.54, 1.807) is 11.3 Å². The first-order valence-electron chi connectivity index (χ1n) is 6.92. The van der Waals surface area contributed by atoms with Crippen LogP contribution in [-0.4, -0.2) is 11.0 Å². The number of nitrogens with zero attached hydrogens (tertiary/aromatic N) is 1. The molecule has 1 aromatic heterocycles. The van der Waals surface area contributed by atoms with Crippen LogP contribution in [0.2, 0.25) is 0 Å². The Hall–Kier alpha value is -0.410. The lowest BCUT2D eigenvalue weighted by molar-refractivity contribution is 0.321. The summed E-state index contributed by atoms with van der Waals surface area (Å²) >= 11 is 1.79. The van der Waals surface area contributed by atoms with Crippen molar-refractivity contribution in [3.8, 4) is 0 Å². The van der Waals surface area contributed by atoms with Crippen molar-refractivity contribution in [2.75, 3.05) is 0 Å². The third-order valence-corrected chi connectivity index (χ3v) is 4.57. The zero-order valence-electron chi connectivity index (χ0n) is 11.0. The number of nitrogens with one attached hydrogen (secondary N) is 1. The van der Waals surface area contributed by atoms with E-state index in [2.05, 4.69) is 29.5 Å². The van der Waals surface area contributed by atoms with Gasteiger partial charge in [0.25, 0.3) is 0 Å². The Bertz CT molecular complexity index is 319. The van der Waals surface area contributed by atoms with Crippen molar-refractivity contribution in [2.24, 2.45) is 0 Å². The maximum absolute atomic E-state index is 4.52. The Morgan fingerprint density at radius 1 is 1.41 bits per heavy atom. The van der Waals surface area contributed by atoms with Crippen molar-refractivity contribution < 1.29 is 0 Å². The molecule has 1 aliphatic rings. The summed E-state index contributed by atoms with van der Waals surface area (Å²) in [4.78, 5) is 4.52. The van der Waals surface area contributed by atoms with Crippen molar-refractivity contribution in [3.63, 3.8) is 0 Å². The van der Waals surface area contributed by atoms with Crippen LogP contribution in [0.25, 0.3) is 0 Å². The molecule has 3 heteroatoms. The van der Waals surface area contributed by atoms with Crippen LogP contribution in [0.15, 0.2) is 11.6 Å². The summed E-state index contributed by atoms with van der Waals surface area (Å²) in [5, 5.41) is 7.15.